The van der Waals surface area contributed by atoms with Crippen LogP contribution in [0.3, 0.4) is 0 Å². The zero-order chi connectivity index (χ0) is 19.0. The van der Waals surface area contributed by atoms with E-state index in [1.165, 1.54) is 10.5 Å². The predicted octanol–water partition coefficient (Wildman–Crippen LogP) is 0.984. The van der Waals surface area contributed by atoms with Crippen molar-refractivity contribution >= 4 is 15.9 Å². The van der Waals surface area contributed by atoms with Gasteiger partial charge in [-0.05, 0) is 19.1 Å². The lowest BCUT2D eigenvalue weighted by Crippen LogP contribution is -2.41. The summed E-state index contributed by atoms with van der Waals surface area (Å²) in [7, 11) is -3.65. The zero-order valence-electron chi connectivity index (χ0n) is 15.0. The first kappa shape index (κ1) is 17.9. The predicted molar refractivity (Wildman–Crippen MR) is 98.2 cm³/mol. The van der Waals surface area contributed by atoms with Crippen LogP contribution in [0.2, 0.25) is 0 Å². The van der Waals surface area contributed by atoms with Gasteiger partial charge in [0, 0.05) is 44.8 Å². The van der Waals surface area contributed by atoms with Crippen molar-refractivity contribution in [3.8, 4) is 0 Å². The van der Waals surface area contributed by atoms with Crippen LogP contribution in [0.4, 0.5) is 0 Å². The van der Waals surface area contributed by atoms with Crippen LogP contribution in [0.1, 0.15) is 24.5 Å². The summed E-state index contributed by atoms with van der Waals surface area (Å²) in [6.45, 7) is 3.96. The van der Waals surface area contributed by atoms with Gasteiger partial charge < -0.3 is 9.47 Å². The van der Waals surface area contributed by atoms with Crippen molar-refractivity contribution in [2.24, 2.45) is 0 Å². The van der Waals surface area contributed by atoms with Crippen LogP contribution in [-0.4, -0.2) is 57.7 Å². The lowest BCUT2D eigenvalue weighted by atomic mass is 10.2. The SMILES string of the molecule is CC1c2nc(CC(=O)N3CC=CC3)cn2CCN1S(=O)(=O)c1cccnc1. The topological polar surface area (TPSA) is 88.4 Å². The van der Waals surface area contributed by atoms with E-state index in [2.05, 4.69) is 9.97 Å². The highest BCUT2D eigenvalue weighted by molar-refractivity contribution is 7.89. The van der Waals surface area contributed by atoms with Crippen LogP contribution >= 0.6 is 0 Å². The van der Waals surface area contributed by atoms with Gasteiger partial charge in [0.2, 0.25) is 15.9 Å². The average molecular weight is 387 g/mol. The first-order valence-electron chi connectivity index (χ1n) is 8.87. The van der Waals surface area contributed by atoms with Crippen LogP contribution in [0.15, 0.2) is 47.8 Å². The minimum Gasteiger partial charge on any atom is -0.335 e. The molecular weight excluding hydrogens is 366 g/mol. The molecule has 0 bridgehead atoms. The Morgan fingerprint density at radius 3 is 2.74 bits per heavy atom. The van der Waals surface area contributed by atoms with E-state index in [4.69, 9.17) is 0 Å². The van der Waals surface area contributed by atoms with Gasteiger partial charge in [0.25, 0.3) is 0 Å². The van der Waals surface area contributed by atoms with E-state index in [9.17, 15) is 13.2 Å². The molecule has 2 aliphatic rings. The number of sulfonamides is 1. The second-order valence-corrected chi connectivity index (χ2v) is 8.60. The van der Waals surface area contributed by atoms with E-state index in [1.54, 1.807) is 23.2 Å². The van der Waals surface area contributed by atoms with Crippen LogP contribution < -0.4 is 0 Å². The van der Waals surface area contributed by atoms with E-state index in [0.717, 1.165) is 0 Å². The molecule has 1 unspecified atom stereocenters. The highest BCUT2D eigenvalue weighted by Gasteiger charge is 2.35. The van der Waals surface area contributed by atoms with Crippen LogP contribution in [0, 0.1) is 0 Å². The molecule has 2 aromatic rings. The number of aromatic nitrogens is 3. The third kappa shape index (κ3) is 3.28. The van der Waals surface area contributed by atoms with Gasteiger partial charge in [0.15, 0.2) is 0 Å². The fourth-order valence-corrected chi connectivity index (χ4v) is 5.07. The Labute approximate surface area is 158 Å². The van der Waals surface area contributed by atoms with E-state index in [1.807, 2.05) is 29.8 Å². The Balaban J connectivity index is 1.55. The molecule has 9 heteroatoms. The molecule has 0 N–H and O–H groups in total. The van der Waals surface area contributed by atoms with Gasteiger partial charge in [-0.3, -0.25) is 9.78 Å². The van der Waals surface area contributed by atoms with Gasteiger partial charge >= 0.3 is 0 Å². The average Bonchev–Trinajstić information content (AvgIpc) is 3.32. The molecular formula is C18H21N5O3S. The molecule has 27 heavy (non-hydrogen) atoms. The molecule has 4 heterocycles. The Morgan fingerprint density at radius 1 is 1.26 bits per heavy atom. The molecule has 1 amide bonds. The number of nitrogens with zero attached hydrogens (tertiary/aromatic N) is 5. The summed E-state index contributed by atoms with van der Waals surface area (Å²) in [5.74, 6) is 0.694. The second-order valence-electron chi connectivity index (χ2n) is 6.71. The number of rotatable bonds is 4. The molecule has 0 radical (unpaired) electrons. The van der Waals surface area contributed by atoms with Gasteiger partial charge in [0.1, 0.15) is 10.7 Å². The Morgan fingerprint density at radius 2 is 2.04 bits per heavy atom. The highest BCUT2D eigenvalue weighted by Crippen LogP contribution is 2.30. The van der Waals surface area contributed by atoms with E-state index < -0.39 is 16.1 Å². The van der Waals surface area contributed by atoms with Crippen molar-refractivity contribution in [2.45, 2.75) is 30.8 Å². The summed E-state index contributed by atoms with van der Waals surface area (Å²) in [6.07, 6.45) is 8.94. The van der Waals surface area contributed by atoms with Crippen molar-refractivity contribution < 1.29 is 13.2 Å². The maximum Gasteiger partial charge on any atom is 0.245 e. The van der Waals surface area contributed by atoms with Crippen molar-refractivity contribution in [3.05, 3.63) is 54.4 Å². The van der Waals surface area contributed by atoms with Gasteiger partial charge in [-0.1, -0.05) is 12.2 Å². The van der Waals surface area contributed by atoms with E-state index in [0.29, 0.717) is 37.7 Å². The number of amides is 1. The molecule has 8 nitrogen and oxygen atoms in total. The van der Waals surface area contributed by atoms with Crippen molar-refractivity contribution in [1.29, 1.82) is 0 Å². The first-order chi connectivity index (χ1) is 13.0. The lowest BCUT2D eigenvalue weighted by Gasteiger charge is -2.32. The molecule has 0 saturated heterocycles. The third-order valence-electron chi connectivity index (χ3n) is 4.97. The number of pyridine rings is 1. The van der Waals surface area contributed by atoms with Crippen molar-refractivity contribution in [3.63, 3.8) is 0 Å². The smallest absolute Gasteiger partial charge is 0.245 e. The first-order valence-corrected chi connectivity index (χ1v) is 10.3. The van der Waals surface area contributed by atoms with Crippen LogP contribution in [0.5, 0.6) is 0 Å². The largest absolute Gasteiger partial charge is 0.335 e. The second kappa shape index (κ2) is 6.90. The standard InChI is InChI=1S/C18H21N5O3S/c1-14-18-20-15(11-17(24)21-7-2-3-8-21)13-22(18)9-10-23(14)27(25,26)16-5-4-6-19-12-16/h2-6,12-14H,7-11H2,1H3. The molecule has 142 valence electrons. The number of fused-ring (bicyclic) bond motifs is 1. The van der Waals surface area contributed by atoms with Crippen LogP contribution in [0.25, 0.3) is 0 Å². The number of imidazole rings is 1. The quantitative estimate of drug-likeness (QED) is 0.730. The zero-order valence-corrected chi connectivity index (χ0v) is 15.8. The lowest BCUT2D eigenvalue weighted by molar-refractivity contribution is -0.129. The summed E-state index contributed by atoms with van der Waals surface area (Å²) in [5, 5.41) is 0. The third-order valence-corrected chi connectivity index (χ3v) is 6.92. The maximum atomic E-state index is 12.9. The maximum absolute atomic E-state index is 12.9. The molecule has 0 aromatic carbocycles. The summed E-state index contributed by atoms with van der Waals surface area (Å²) in [6, 6.07) is 2.74. The number of hydrogen-bond donors (Lipinski definition) is 0. The Hall–Kier alpha value is -2.52. The molecule has 2 aromatic heterocycles. The van der Waals surface area contributed by atoms with E-state index in [-0.39, 0.29) is 17.2 Å². The minimum absolute atomic E-state index is 0.0305. The molecule has 0 aliphatic carbocycles. The minimum atomic E-state index is -3.65. The summed E-state index contributed by atoms with van der Waals surface area (Å²) >= 11 is 0. The Kier molecular flexibility index (Phi) is 4.56. The molecule has 4 rings (SSSR count). The van der Waals surface area contributed by atoms with Gasteiger partial charge in [-0.25, -0.2) is 13.4 Å². The molecule has 1 atom stereocenters. The summed E-state index contributed by atoms with van der Waals surface area (Å²) in [4.78, 5) is 22.8. The monoisotopic (exact) mass is 387 g/mol. The highest BCUT2D eigenvalue weighted by atomic mass is 32.2. The van der Waals surface area contributed by atoms with E-state index >= 15 is 0 Å². The van der Waals surface area contributed by atoms with Crippen molar-refractivity contribution in [1.82, 2.24) is 23.7 Å². The van der Waals surface area contributed by atoms with Crippen LogP contribution in [-0.2, 0) is 27.8 Å². The van der Waals surface area contributed by atoms with Gasteiger partial charge in [-0.2, -0.15) is 4.31 Å². The normalized spacial score (nSPS) is 20.0. The fourth-order valence-electron chi connectivity index (χ4n) is 3.52. The van der Waals surface area contributed by atoms with Gasteiger partial charge in [-0.15, -0.1) is 0 Å². The number of carbonyl (C=O) groups excluding carboxylic acids is 1. The number of hydrogen-bond acceptors (Lipinski definition) is 5. The molecule has 0 fully saturated rings. The Bertz CT molecular complexity index is 976. The van der Waals surface area contributed by atoms with Gasteiger partial charge in [0.05, 0.1) is 18.2 Å². The summed E-state index contributed by atoms with van der Waals surface area (Å²) < 4.78 is 29.3. The molecule has 2 aliphatic heterocycles. The number of carbonyl (C=O) groups is 1. The fraction of sp³-hybridized carbons (Fsp3) is 0.389. The molecule has 0 spiro atoms. The molecule has 0 saturated carbocycles. The van der Waals surface area contributed by atoms with Crippen molar-refractivity contribution in [2.75, 3.05) is 19.6 Å². The summed E-state index contributed by atoms with van der Waals surface area (Å²) in [5.41, 5.74) is 0.675.